The molecule has 1 unspecified atom stereocenters. The van der Waals surface area contributed by atoms with Gasteiger partial charge in [0.05, 0.1) is 6.26 Å². The largest absolute Gasteiger partial charge is 0.459 e. The lowest BCUT2D eigenvalue weighted by Crippen LogP contribution is -2.56. The average Bonchev–Trinajstić information content (AvgIpc) is 3.15. The Morgan fingerprint density at radius 3 is 2.44 bits per heavy atom. The van der Waals surface area contributed by atoms with Crippen molar-refractivity contribution in [2.24, 2.45) is 0 Å². The van der Waals surface area contributed by atoms with Gasteiger partial charge in [0.1, 0.15) is 6.17 Å². The number of furan rings is 1. The highest BCUT2D eigenvalue weighted by molar-refractivity contribution is 7.80. The van der Waals surface area contributed by atoms with Gasteiger partial charge in [-0.25, -0.2) is 0 Å². The fourth-order valence-electron chi connectivity index (χ4n) is 2.43. The Bertz CT molecular complexity index is 953. The number of anilines is 1. The Labute approximate surface area is 176 Å². The molecule has 3 aromatic rings. The van der Waals surface area contributed by atoms with Crippen molar-refractivity contribution in [3.05, 3.63) is 66.6 Å². The fraction of sp³-hybridized carbons (Fsp3) is 0.111. The number of amides is 1. The van der Waals surface area contributed by atoms with E-state index in [2.05, 4.69) is 16.0 Å². The molecule has 0 spiro atoms. The summed E-state index contributed by atoms with van der Waals surface area (Å²) in [7, 11) is 0. The van der Waals surface area contributed by atoms with Crippen molar-refractivity contribution < 1.29 is 9.21 Å². The molecule has 1 amide bonds. The zero-order chi connectivity index (χ0) is 19.4. The molecule has 3 rings (SSSR count). The zero-order valence-corrected chi connectivity index (χ0v) is 16.8. The van der Waals surface area contributed by atoms with Crippen LogP contribution in [0.1, 0.15) is 10.6 Å². The first-order valence-corrected chi connectivity index (χ1v) is 9.35. The van der Waals surface area contributed by atoms with E-state index >= 15 is 0 Å². The molecule has 0 aliphatic rings. The summed E-state index contributed by atoms with van der Waals surface area (Å²) in [5.74, 6) is -0.458. The maximum atomic E-state index is 12.2. The van der Waals surface area contributed by atoms with Crippen LogP contribution < -0.4 is 16.0 Å². The molecule has 9 heteroatoms. The normalized spacial score (nSPS) is 12.4. The third-order valence-electron chi connectivity index (χ3n) is 3.66. The summed E-state index contributed by atoms with van der Waals surface area (Å²) in [6.45, 7) is 0. The van der Waals surface area contributed by atoms with Crippen molar-refractivity contribution >= 4 is 74.5 Å². The van der Waals surface area contributed by atoms with E-state index in [0.717, 1.165) is 16.5 Å². The molecule has 0 radical (unpaired) electrons. The molecule has 0 fully saturated rings. The molecule has 1 aromatic heterocycles. The predicted octanol–water partition coefficient (Wildman–Crippen LogP) is 4.85. The van der Waals surface area contributed by atoms with Crippen molar-refractivity contribution in [1.82, 2.24) is 10.6 Å². The van der Waals surface area contributed by atoms with Gasteiger partial charge in [0.2, 0.25) is 3.79 Å². The molecule has 140 valence electrons. The second-order valence-corrected chi connectivity index (χ2v) is 8.33. The van der Waals surface area contributed by atoms with Crippen LogP contribution in [0.15, 0.2) is 65.3 Å². The van der Waals surface area contributed by atoms with E-state index in [1.807, 2.05) is 42.5 Å². The maximum Gasteiger partial charge on any atom is 0.288 e. The van der Waals surface area contributed by atoms with E-state index in [4.69, 9.17) is 51.4 Å². The Kier molecular flexibility index (Phi) is 6.11. The SMILES string of the molecule is O=C(NC(NC(=S)Nc1cccc2ccccc12)C(Cl)(Cl)Cl)c1ccco1. The number of carbonyl (C=O) groups is 1. The number of nitrogens with one attached hydrogen (secondary N) is 3. The van der Waals surface area contributed by atoms with Crippen LogP contribution in [-0.2, 0) is 0 Å². The van der Waals surface area contributed by atoms with Gasteiger partial charge >= 0.3 is 0 Å². The Balaban J connectivity index is 1.73. The van der Waals surface area contributed by atoms with Gasteiger partial charge in [-0.15, -0.1) is 0 Å². The first kappa shape index (κ1) is 19.8. The zero-order valence-electron chi connectivity index (χ0n) is 13.7. The molecule has 5 nitrogen and oxygen atoms in total. The van der Waals surface area contributed by atoms with E-state index < -0.39 is 15.9 Å². The topological polar surface area (TPSA) is 66.3 Å². The Morgan fingerprint density at radius 2 is 1.74 bits per heavy atom. The van der Waals surface area contributed by atoms with Gasteiger partial charge in [0, 0.05) is 11.1 Å². The molecule has 2 aromatic carbocycles. The molecule has 1 heterocycles. The van der Waals surface area contributed by atoms with E-state index in [1.165, 1.54) is 12.3 Å². The molecule has 3 N–H and O–H groups in total. The van der Waals surface area contributed by atoms with Gasteiger partial charge in [-0.3, -0.25) is 4.79 Å². The molecule has 0 aliphatic carbocycles. The van der Waals surface area contributed by atoms with E-state index in [-0.39, 0.29) is 10.9 Å². The van der Waals surface area contributed by atoms with Crippen LogP contribution in [0.3, 0.4) is 0 Å². The molecule has 0 saturated heterocycles. The van der Waals surface area contributed by atoms with E-state index in [0.29, 0.717) is 0 Å². The van der Waals surface area contributed by atoms with Crippen LogP contribution >= 0.6 is 47.0 Å². The molecule has 1 atom stereocenters. The minimum absolute atomic E-state index is 0.0870. The fourth-order valence-corrected chi connectivity index (χ4v) is 2.99. The number of rotatable bonds is 4. The molecular formula is C18H14Cl3N3O2S. The molecule has 0 aliphatic heterocycles. The highest BCUT2D eigenvalue weighted by Crippen LogP contribution is 2.29. The molecule has 0 saturated carbocycles. The van der Waals surface area contributed by atoms with Crippen molar-refractivity contribution in [1.29, 1.82) is 0 Å². The van der Waals surface area contributed by atoms with Gasteiger partial charge < -0.3 is 20.4 Å². The lowest BCUT2D eigenvalue weighted by Gasteiger charge is -2.27. The minimum Gasteiger partial charge on any atom is -0.459 e. The molecule has 0 bridgehead atoms. The second kappa shape index (κ2) is 8.35. The van der Waals surface area contributed by atoms with Crippen molar-refractivity contribution in [3.63, 3.8) is 0 Å². The van der Waals surface area contributed by atoms with E-state index in [1.54, 1.807) is 6.07 Å². The van der Waals surface area contributed by atoms with Crippen molar-refractivity contribution in [3.8, 4) is 0 Å². The summed E-state index contributed by atoms with van der Waals surface area (Å²) in [6, 6.07) is 16.7. The van der Waals surface area contributed by atoms with Crippen LogP contribution in [-0.4, -0.2) is 21.0 Å². The van der Waals surface area contributed by atoms with Crippen LogP contribution in [0.5, 0.6) is 0 Å². The summed E-state index contributed by atoms with van der Waals surface area (Å²) >= 11 is 23.3. The Morgan fingerprint density at radius 1 is 1.00 bits per heavy atom. The lowest BCUT2D eigenvalue weighted by atomic mass is 10.1. The quantitative estimate of drug-likeness (QED) is 0.306. The minimum atomic E-state index is -1.85. The summed E-state index contributed by atoms with van der Waals surface area (Å²) in [5.41, 5.74) is 0.783. The second-order valence-electron chi connectivity index (χ2n) is 5.55. The third-order valence-corrected chi connectivity index (χ3v) is 4.54. The summed E-state index contributed by atoms with van der Waals surface area (Å²) in [5, 5.41) is 10.6. The highest BCUT2D eigenvalue weighted by atomic mass is 35.6. The van der Waals surface area contributed by atoms with Crippen LogP contribution in [0.25, 0.3) is 10.8 Å². The lowest BCUT2D eigenvalue weighted by molar-refractivity contribution is 0.0906. The van der Waals surface area contributed by atoms with Crippen LogP contribution in [0.4, 0.5) is 5.69 Å². The summed E-state index contributed by atoms with van der Waals surface area (Å²) in [6.07, 6.45) is 0.287. The number of alkyl halides is 3. The number of fused-ring (bicyclic) bond motifs is 1. The van der Waals surface area contributed by atoms with Crippen LogP contribution in [0.2, 0.25) is 0 Å². The number of thiocarbonyl (C=S) groups is 1. The average molecular weight is 443 g/mol. The molecule has 27 heavy (non-hydrogen) atoms. The van der Waals surface area contributed by atoms with Gasteiger partial charge in [-0.05, 0) is 35.8 Å². The Hall–Kier alpha value is -1.99. The van der Waals surface area contributed by atoms with Crippen LogP contribution in [0, 0.1) is 0 Å². The van der Waals surface area contributed by atoms with Crippen molar-refractivity contribution in [2.45, 2.75) is 9.96 Å². The summed E-state index contributed by atoms with van der Waals surface area (Å²) < 4.78 is 3.19. The number of hydrogen-bond acceptors (Lipinski definition) is 3. The summed E-state index contributed by atoms with van der Waals surface area (Å²) in [4.78, 5) is 12.2. The monoisotopic (exact) mass is 441 g/mol. The number of hydrogen-bond donors (Lipinski definition) is 3. The molecular weight excluding hydrogens is 429 g/mol. The first-order valence-electron chi connectivity index (χ1n) is 7.81. The standard InChI is InChI=1S/C18H14Cl3N3O2S/c19-18(20,21)16(23-15(25)14-9-4-10-26-14)24-17(27)22-13-8-3-6-11-5-1-2-7-12(11)13/h1-10,16H,(H,23,25)(H2,22,24,27). The highest BCUT2D eigenvalue weighted by Gasteiger charge is 2.35. The third kappa shape index (κ3) is 5.05. The van der Waals surface area contributed by atoms with Gasteiger partial charge in [0.25, 0.3) is 5.91 Å². The number of halogens is 3. The smallest absolute Gasteiger partial charge is 0.288 e. The van der Waals surface area contributed by atoms with E-state index in [9.17, 15) is 4.79 Å². The van der Waals surface area contributed by atoms with Crippen molar-refractivity contribution in [2.75, 3.05) is 5.32 Å². The van der Waals surface area contributed by atoms with Gasteiger partial charge in [0.15, 0.2) is 10.9 Å². The first-order chi connectivity index (χ1) is 12.8. The van der Waals surface area contributed by atoms with Gasteiger partial charge in [-0.1, -0.05) is 71.2 Å². The number of benzene rings is 2. The van der Waals surface area contributed by atoms with Gasteiger partial charge in [-0.2, -0.15) is 0 Å². The maximum absolute atomic E-state index is 12.2. The number of carbonyl (C=O) groups excluding carboxylic acids is 1. The predicted molar refractivity (Wildman–Crippen MR) is 114 cm³/mol.